The first kappa shape index (κ1) is 14.4. The third-order valence-corrected chi connectivity index (χ3v) is 8.54. The van der Waals surface area contributed by atoms with E-state index in [1.165, 1.54) is 23.5 Å². The summed E-state index contributed by atoms with van der Waals surface area (Å²) in [5.41, 5.74) is 2.89. The zero-order valence-corrected chi connectivity index (χ0v) is 13.5. The predicted molar refractivity (Wildman–Crippen MR) is 90.5 cm³/mol. The van der Waals surface area contributed by atoms with Crippen LogP contribution in [0.1, 0.15) is 25.3 Å². The minimum Gasteiger partial charge on any atom is -0.132 e. The van der Waals surface area contributed by atoms with Crippen molar-refractivity contribution in [2.45, 2.75) is 23.2 Å². The van der Waals surface area contributed by atoms with Crippen LogP contribution in [0.15, 0.2) is 35.9 Å². The van der Waals surface area contributed by atoms with Crippen molar-refractivity contribution in [2.75, 3.05) is 17.8 Å². The molecule has 1 aliphatic rings. The Bertz CT molecular complexity index is 391. The van der Waals surface area contributed by atoms with Crippen molar-refractivity contribution in [1.82, 2.24) is 0 Å². The Morgan fingerprint density at radius 2 is 1.94 bits per heavy atom. The molecule has 0 radical (unpaired) electrons. The van der Waals surface area contributed by atoms with Gasteiger partial charge in [0.05, 0.1) is 0 Å². The summed E-state index contributed by atoms with van der Waals surface area (Å²) in [5.74, 6) is 2.58. The molecule has 1 aliphatic heterocycles. The van der Waals surface area contributed by atoms with Crippen molar-refractivity contribution in [3.63, 3.8) is 0 Å². The topological polar surface area (TPSA) is 0 Å². The molecule has 98 valence electrons. The Balaban J connectivity index is 2.28. The summed E-state index contributed by atoms with van der Waals surface area (Å²) in [4.78, 5) is 0. The average Bonchev–Trinajstić information content (AvgIpc) is 2.46. The predicted octanol–water partition coefficient (Wildman–Crippen LogP) is 5.37. The quantitative estimate of drug-likeness (QED) is 0.733. The Morgan fingerprint density at radius 1 is 1.28 bits per heavy atom. The molecular weight excluding hydrogens is 276 g/mol. The molecule has 0 atom stereocenters. The molecule has 1 saturated heterocycles. The molecule has 0 nitrogen and oxygen atoms in total. The molecule has 0 aliphatic carbocycles. The van der Waals surface area contributed by atoms with Gasteiger partial charge in [-0.05, 0) is 41.7 Å². The summed E-state index contributed by atoms with van der Waals surface area (Å²) in [6, 6.07) is 10.7. The minimum absolute atomic E-state index is 0.253. The number of benzene rings is 1. The largest absolute Gasteiger partial charge is 0.132 e. The van der Waals surface area contributed by atoms with Crippen LogP contribution in [0.5, 0.6) is 0 Å². The van der Waals surface area contributed by atoms with Crippen molar-refractivity contribution in [3.8, 4) is 0 Å². The fourth-order valence-electron chi connectivity index (χ4n) is 2.11. The van der Waals surface area contributed by atoms with E-state index < -0.39 is 0 Å². The maximum absolute atomic E-state index is 2.39. The van der Waals surface area contributed by atoms with Gasteiger partial charge < -0.3 is 0 Å². The van der Waals surface area contributed by atoms with Crippen molar-refractivity contribution in [3.05, 3.63) is 41.5 Å². The molecule has 0 amide bonds. The third kappa shape index (κ3) is 3.31. The van der Waals surface area contributed by atoms with Gasteiger partial charge in [0, 0.05) is 0 Å². The van der Waals surface area contributed by atoms with E-state index in [2.05, 4.69) is 73.1 Å². The van der Waals surface area contributed by atoms with Crippen LogP contribution in [0, 0.1) is 0 Å². The molecule has 0 saturated carbocycles. The lowest BCUT2D eigenvalue weighted by atomic mass is 10.1. The van der Waals surface area contributed by atoms with E-state index in [0.717, 1.165) is 6.42 Å². The molecule has 0 aromatic heterocycles. The van der Waals surface area contributed by atoms with Crippen molar-refractivity contribution >= 4 is 41.4 Å². The van der Waals surface area contributed by atoms with Crippen LogP contribution < -0.4 is 0 Å². The Morgan fingerprint density at radius 3 is 2.50 bits per heavy atom. The van der Waals surface area contributed by atoms with Crippen molar-refractivity contribution in [1.29, 1.82) is 0 Å². The van der Waals surface area contributed by atoms with Gasteiger partial charge in [-0.25, -0.2) is 0 Å². The smallest absolute Gasteiger partial charge is 0.128 e. The van der Waals surface area contributed by atoms with Crippen LogP contribution in [0.3, 0.4) is 0 Å². The number of hydrogen-bond acceptors (Lipinski definition) is 3. The molecule has 0 spiro atoms. The van der Waals surface area contributed by atoms with E-state index in [1.807, 2.05) is 11.8 Å². The van der Waals surface area contributed by atoms with Crippen molar-refractivity contribution in [2.24, 2.45) is 0 Å². The fourth-order valence-corrected chi connectivity index (χ4v) is 6.92. The molecule has 2 rings (SSSR count). The van der Waals surface area contributed by atoms with Crippen LogP contribution >= 0.6 is 35.3 Å². The summed E-state index contributed by atoms with van der Waals surface area (Å²) in [5, 5.41) is 0. The highest BCUT2D eigenvalue weighted by Gasteiger charge is 2.35. The first-order valence-corrected chi connectivity index (χ1v) is 9.59. The summed E-state index contributed by atoms with van der Waals surface area (Å²) in [6.45, 7) is 2.28. The normalized spacial score (nSPS) is 19.8. The first-order chi connectivity index (χ1) is 8.80. The highest BCUT2D eigenvalue weighted by Crippen LogP contribution is 2.55. The lowest BCUT2D eigenvalue weighted by Crippen LogP contribution is -2.23. The standard InChI is InChI=1S/C15H20S3/c1-3-14(12-13-8-5-4-6-9-13)15(16-2)17-10-7-11-18-15/h4-6,8-9,12H,3,7,10-11H2,1-2H3/b14-12+. The van der Waals surface area contributed by atoms with E-state index in [-0.39, 0.29) is 3.41 Å². The number of hydrogen-bond donors (Lipinski definition) is 0. The lowest BCUT2D eigenvalue weighted by Gasteiger charge is -2.36. The Labute approximate surface area is 123 Å². The molecule has 0 N–H and O–H groups in total. The first-order valence-electron chi connectivity index (χ1n) is 6.40. The van der Waals surface area contributed by atoms with Gasteiger partial charge in [-0.1, -0.05) is 43.3 Å². The number of thioether (sulfide) groups is 3. The van der Waals surface area contributed by atoms with Crippen LogP contribution in [-0.4, -0.2) is 21.2 Å². The molecule has 0 unspecified atom stereocenters. The van der Waals surface area contributed by atoms with Gasteiger partial charge in [-0.15, -0.1) is 35.3 Å². The van der Waals surface area contributed by atoms with Crippen LogP contribution in [0.25, 0.3) is 6.08 Å². The summed E-state index contributed by atoms with van der Waals surface area (Å²) >= 11 is 6.24. The summed E-state index contributed by atoms with van der Waals surface area (Å²) in [7, 11) is 0. The summed E-state index contributed by atoms with van der Waals surface area (Å²) < 4.78 is 0.253. The van der Waals surface area contributed by atoms with Gasteiger partial charge in [0.1, 0.15) is 3.41 Å². The lowest BCUT2D eigenvalue weighted by molar-refractivity contribution is 1.04. The SMILES string of the molecule is CC/C(=C\c1ccccc1)C1(SC)SCCCS1. The zero-order valence-electron chi connectivity index (χ0n) is 11.0. The zero-order chi connectivity index (χ0) is 12.8. The summed E-state index contributed by atoms with van der Waals surface area (Å²) in [6.07, 6.45) is 7.12. The highest BCUT2D eigenvalue weighted by atomic mass is 32.3. The second-order valence-electron chi connectivity index (χ2n) is 4.24. The maximum atomic E-state index is 2.39. The molecular formula is C15H20S3. The van der Waals surface area contributed by atoms with Gasteiger partial charge in [0.25, 0.3) is 0 Å². The van der Waals surface area contributed by atoms with Gasteiger partial charge in [-0.3, -0.25) is 0 Å². The second-order valence-corrected chi connectivity index (χ2v) is 8.66. The molecule has 0 bridgehead atoms. The second kappa shape index (κ2) is 6.97. The van der Waals surface area contributed by atoms with Gasteiger partial charge in [0.2, 0.25) is 0 Å². The van der Waals surface area contributed by atoms with Gasteiger partial charge >= 0.3 is 0 Å². The fraction of sp³-hybridized carbons (Fsp3) is 0.467. The maximum Gasteiger partial charge on any atom is 0.128 e. The van der Waals surface area contributed by atoms with Crippen LogP contribution in [0.2, 0.25) is 0 Å². The van der Waals surface area contributed by atoms with E-state index in [1.54, 1.807) is 5.57 Å². The van der Waals surface area contributed by atoms with E-state index in [0.29, 0.717) is 0 Å². The molecule has 3 heteroatoms. The average molecular weight is 297 g/mol. The molecule has 1 aromatic carbocycles. The molecule has 1 heterocycles. The number of rotatable bonds is 4. The van der Waals surface area contributed by atoms with Gasteiger partial charge in [0.15, 0.2) is 0 Å². The highest BCUT2D eigenvalue weighted by molar-refractivity contribution is 8.34. The third-order valence-electron chi connectivity index (χ3n) is 3.06. The van der Waals surface area contributed by atoms with Crippen LogP contribution in [0.4, 0.5) is 0 Å². The van der Waals surface area contributed by atoms with E-state index >= 15 is 0 Å². The Hall–Kier alpha value is 0.01000. The Kier molecular flexibility index (Phi) is 5.58. The monoisotopic (exact) mass is 296 g/mol. The van der Waals surface area contributed by atoms with Crippen LogP contribution in [-0.2, 0) is 0 Å². The van der Waals surface area contributed by atoms with Crippen molar-refractivity contribution < 1.29 is 0 Å². The minimum atomic E-state index is 0.253. The molecule has 1 fully saturated rings. The van der Waals surface area contributed by atoms with E-state index in [9.17, 15) is 0 Å². The van der Waals surface area contributed by atoms with Gasteiger partial charge in [-0.2, -0.15) is 0 Å². The van der Waals surface area contributed by atoms with E-state index in [4.69, 9.17) is 0 Å². The molecule has 18 heavy (non-hydrogen) atoms. The molecule has 1 aromatic rings.